The Balaban J connectivity index is 1.69. The van der Waals surface area contributed by atoms with Crippen molar-refractivity contribution in [3.8, 4) is 17.2 Å². The number of hydrogen-bond acceptors (Lipinski definition) is 6. The van der Waals surface area contributed by atoms with Gasteiger partial charge in [0.1, 0.15) is 5.65 Å². The van der Waals surface area contributed by atoms with Gasteiger partial charge in [-0.2, -0.15) is 4.98 Å². The molecule has 0 aliphatic carbocycles. The van der Waals surface area contributed by atoms with Crippen LogP contribution in [-0.4, -0.2) is 35.9 Å². The fourth-order valence-corrected chi connectivity index (χ4v) is 4.13. The van der Waals surface area contributed by atoms with Crippen molar-refractivity contribution < 1.29 is 14.2 Å². The number of rotatable bonds is 8. The molecule has 0 fully saturated rings. The van der Waals surface area contributed by atoms with Gasteiger partial charge in [0.05, 0.1) is 27.0 Å². The lowest BCUT2D eigenvalue weighted by atomic mass is 10.0. The molecular weight excluding hydrogens is 404 g/mol. The molecule has 4 aromatic rings. The average molecular weight is 433 g/mol. The molecule has 2 heterocycles. The maximum absolute atomic E-state index is 5.98. The molecule has 0 bridgehead atoms. The molecule has 32 heavy (non-hydrogen) atoms. The minimum absolute atomic E-state index is 0.290. The second kappa shape index (κ2) is 9.18. The van der Waals surface area contributed by atoms with E-state index in [0.717, 1.165) is 41.7 Å². The number of methoxy groups -OCH3 is 3. The predicted octanol–water partition coefficient (Wildman–Crippen LogP) is 4.18. The lowest BCUT2D eigenvalue weighted by Crippen LogP contribution is -2.03. The number of ether oxygens (including phenoxy) is 3. The topological polar surface area (TPSA) is 84.4 Å². The number of hydrogen-bond donors (Lipinski definition) is 1. The molecule has 0 saturated heterocycles. The van der Waals surface area contributed by atoms with Crippen molar-refractivity contribution >= 4 is 17.0 Å². The van der Waals surface area contributed by atoms with Crippen LogP contribution in [0.3, 0.4) is 0 Å². The number of aromatic nitrogens is 3. The maximum atomic E-state index is 5.98. The third-order valence-corrected chi connectivity index (χ3v) is 5.60. The van der Waals surface area contributed by atoms with Crippen LogP contribution in [0, 0.1) is 6.92 Å². The van der Waals surface area contributed by atoms with Crippen LogP contribution < -0.4 is 19.9 Å². The molecule has 0 aliphatic heterocycles. The summed E-state index contributed by atoms with van der Waals surface area (Å²) in [5.74, 6) is 2.19. The first-order valence-electron chi connectivity index (χ1n) is 10.5. The fourth-order valence-electron chi connectivity index (χ4n) is 4.13. The Morgan fingerprint density at radius 1 is 0.875 bits per heavy atom. The van der Waals surface area contributed by atoms with Crippen molar-refractivity contribution in [1.82, 2.24) is 14.5 Å². The van der Waals surface area contributed by atoms with Gasteiger partial charge < -0.3 is 24.5 Å². The van der Waals surface area contributed by atoms with Crippen molar-refractivity contribution in [2.24, 2.45) is 0 Å². The average Bonchev–Trinajstić information content (AvgIpc) is 3.14. The quantitative estimate of drug-likeness (QED) is 0.450. The highest BCUT2D eigenvalue weighted by molar-refractivity contribution is 5.84. The van der Waals surface area contributed by atoms with E-state index in [2.05, 4.69) is 32.9 Å². The maximum Gasteiger partial charge on any atom is 0.222 e. The first-order valence-corrected chi connectivity index (χ1v) is 10.5. The molecular formula is C25H28N4O3. The second-order valence-electron chi connectivity index (χ2n) is 7.67. The number of anilines is 1. The number of nitrogens with zero attached hydrogens (tertiary/aromatic N) is 3. The monoisotopic (exact) mass is 432 g/mol. The van der Waals surface area contributed by atoms with Crippen molar-refractivity contribution in [3.63, 3.8) is 0 Å². The molecule has 4 rings (SSSR count). The Labute approximate surface area is 187 Å². The van der Waals surface area contributed by atoms with Crippen LogP contribution in [-0.2, 0) is 19.4 Å². The van der Waals surface area contributed by atoms with Gasteiger partial charge in [0.2, 0.25) is 11.7 Å². The molecule has 0 atom stereocenters. The van der Waals surface area contributed by atoms with Gasteiger partial charge in [-0.1, -0.05) is 30.3 Å². The Morgan fingerprint density at radius 3 is 2.19 bits per heavy atom. The minimum Gasteiger partial charge on any atom is -0.493 e. The van der Waals surface area contributed by atoms with Crippen molar-refractivity contribution in [2.75, 3.05) is 27.1 Å². The summed E-state index contributed by atoms with van der Waals surface area (Å²) in [6.45, 7) is 2.70. The molecule has 0 radical (unpaired) electrons. The Bertz CT molecular complexity index is 1210. The summed E-state index contributed by atoms with van der Waals surface area (Å²) in [6, 6.07) is 14.3. The number of fused-ring (bicyclic) bond motifs is 1. The number of nitrogen functional groups attached to an aromatic ring is 1. The zero-order chi connectivity index (χ0) is 22.7. The SMILES string of the molecule is COc1cc(CCc2cn(Cc3ccccc3)c3nc(N)nc(C)c23)cc(OC)c1OC. The zero-order valence-corrected chi connectivity index (χ0v) is 18.9. The fraction of sp³-hybridized carbons (Fsp3) is 0.280. The lowest BCUT2D eigenvalue weighted by Gasteiger charge is -2.14. The Hall–Kier alpha value is -3.74. The number of nitrogens with two attached hydrogens (primary N) is 1. The summed E-state index contributed by atoms with van der Waals surface area (Å²) in [4.78, 5) is 8.97. The molecule has 7 nitrogen and oxygen atoms in total. The summed E-state index contributed by atoms with van der Waals surface area (Å²) in [6.07, 6.45) is 3.77. The highest BCUT2D eigenvalue weighted by Gasteiger charge is 2.17. The van der Waals surface area contributed by atoms with E-state index < -0.39 is 0 Å². The molecule has 0 aliphatic rings. The van der Waals surface area contributed by atoms with E-state index in [1.807, 2.05) is 37.3 Å². The number of aryl methyl sites for hydroxylation is 3. The molecule has 0 unspecified atom stereocenters. The molecule has 166 valence electrons. The molecule has 2 N–H and O–H groups in total. The third kappa shape index (κ3) is 4.19. The smallest absolute Gasteiger partial charge is 0.222 e. The van der Waals surface area contributed by atoms with Gasteiger partial charge >= 0.3 is 0 Å². The number of benzene rings is 2. The molecule has 7 heteroatoms. The molecule has 0 saturated carbocycles. The first-order chi connectivity index (χ1) is 15.5. The summed E-state index contributed by atoms with van der Waals surface area (Å²) in [7, 11) is 4.86. The van der Waals surface area contributed by atoms with Gasteiger partial charge in [0.15, 0.2) is 11.5 Å². The van der Waals surface area contributed by atoms with Gasteiger partial charge in [0.25, 0.3) is 0 Å². The highest BCUT2D eigenvalue weighted by atomic mass is 16.5. The summed E-state index contributed by atoms with van der Waals surface area (Å²) in [5.41, 5.74) is 11.2. The van der Waals surface area contributed by atoms with Crippen LogP contribution >= 0.6 is 0 Å². The molecule has 0 spiro atoms. The molecule has 2 aromatic heterocycles. The van der Waals surface area contributed by atoms with Crippen LogP contribution in [0.25, 0.3) is 11.0 Å². The first kappa shape index (κ1) is 21.5. The van der Waals surface area contributed by atoms with Gasteiger partial charge in [-0.05, 0) is 48.6 Å². The van der Waals surface area contributed by atoms with E-state index >= 15 is 0 Å². The van der Waals surface area contributed by atoms with Crippen molar-refractivity contribution in [2.45, 2.75) is 26.3 Å². The van der Waals surface area contributed by atoms with E-state index in [1.165, 1.54) is 11.1 Å². The zero-order valence-electron chi connectivity index (χ0n) is 18.9. The van der Waals surface area contributed by atoms with Crippen molar-refractivity contribution in [1.29, 1.82) is 0 Å². The van der Waals surface area contributed by atoms with Gasteiger partial charge in [-0.25, -0.2) is 4.98 Å². The van der Waals surface area contributed by atoms with Gasteiger partial charge in [-0.15, -0.1) is 0 Å². The Kier molecular flexibility index (Phi) is 6.16. The van der Waals surface area contributed by atoms with Crippen LogP contribution in [0.4, 0.5) is 5.95 Å². The van der Waals surface area contributed by atoms with Crippen LogP contribution in [0.15, 0.2) is 48.7 Å². The van der Waals surface area contributed by atoms with Crippen LogP contribution in [0.1, 0.15) is 22.4 Å². The predicted molar refractivity (Wildman–Crippen MR) is 126 cm³/mol. The highest BCUT2D eigenvalue weighted by Crippen LogP contribution is 2.38. The van der Waals surface area contributed by atoms with E-state index in [4.69, 9.17) is 19.9 Å². The minimum atomic E-state index is 0.290. The van der Waals surface area contributed by atoms with Crippen LogP contribution in [0.2, 0.25) is 0 Å². The van der Waals surface area contributed by atoms with Gasteiger partial charge in [0, 0.05) is 18.1 Å². The molecule has 2 aromatic carbocycles. The summed E-state index contributed by atoms with van der Waals surface area (Å²) in [5, 5.41) is 1.06. The summed E-state index contributed by atoms with van der Waals surface area (Å²) >= 11 is 0. The Morgan fingerprint density at radius 2 is 1.56 bits per heavy atom. The van der Waals surface area contributed by atoms with Crippen LogP contribution in [0.5, 0.6) is 17.2 Å². The van der Waals surface area contributed by atoms with E-state index in [0.29, 0.717) is 23.2 Å². The third-order valence-electron chi connectivity index (χ3n) is 5.60. The van der Waals surface area contributed by atoms with Crippen molar-refractivity contribution in [3.05, 3.63) is 71.0 Å². The molecule has 0 amide bonds. The normalized spacial score (nSPS) is 11.0. The van der Waals surface area contributed by atoms with Gasteiger partial charge in [-0.3, -0.25) is 0 Å². The second-order valence-corrected chi connectivity index (χ2v) is 7.67. The lowest BCUT2D eigenvalue weighted by molar-refractivity contribution is 0.324. The summed E-state index contributed by atoms with van der Waals surface area (Å²) < 4.78 is 18.6. The van der Waals surface area contributed by atoms with E-state index in [9.17, 15) is 0 Å². The standard InChI is InChI=1S/C25H28N4O3/c1-16-22-19(11-10-18-12-20(30-2)23(32-4)21(13-18)31-3)15-29(24(22)28-25(26)27-16)14-17-8-6-5-7-9-17/h5-9,12-13,15H,10-11,14H2,1-4H3,(H2,26,27,28). The van der Waals surface area contributed by atoms with E-state index in [-0.39, 0.29) is 0 Å². The van der Waals surface area contributed by atoms with E-state index in [1.54, 1.807) is 21.3 Å². The largest absolute Gasteiger partial charge is 0.493 e.